The molecule has 1 amide bonds. The Morgan fingerprint density at radius 3 is 2.57 bits per heavy atom. The highest BCUT2D eigenvalue weighted by Gasteiger charge is 2.44. The molecule has 2 atom stereocenters. The number of hydrogen-bond donors (Lipinski definition) is 1. The monoisotopic (exact) mass is 378 g/mol. The van der Waals surface area contributed by atoms with E-state index in [0.717, 1.165) is 22.3 Å². The van der Waals surface area contributed by atoms with Gasteiger partial charge >= 0.3 is 5.97 Å². The van der Waals surface area contributed by atoms with Crippen molar-refractivity contribution >= 4 is 34.5 Å². The van der Waals surface area contributed by atoms with Gasteiger partial charge in [0.15, 0.2) is 5.92 Å². The number of carbonyl (C=O) groups excluding carboxylic acids is 2. The minimum atomic E-state index is -0.990. The third-order valence-electron chi connectivity index (χ3n) is 5.00. The molecule has 0 spiro atoms. The maximum atomic E-state index is 12.8. The molecule has 0 saturated carbocycles. The predicted molar refractivity (Wildman–Crippen MR) is 107 cm³/mol. The fourth-order valence-electron chi connectivity index (χ4n) is 3.67. The lowest BCUT2D eigenvalue weighted by Crippen LogP contribution is -2.43. The minimum Gasteiger partial charge on any atom is -0.465 e. The molecule has 28 heavy (non-hydrogen) atoms. The second-order valence-corrected chi connectivity index (χ2v) is 6.94. The van der Waals surface area contributed by atoms with Crippen LogP contribution in [0, 0.1) is 5.92 Å². The van der Waals surface area contributed by atoms with Gasteiger partial charge in [0.2, 0.25) is 11.9 Å². The number of rotatable bonds is 4. The summed E-state index contributed by atoms with van der Waals surface area (Å²) in [6, 6.07) is 14.9. The number of nitrogens with zero attached hydrogens (tertiary/aromatic N) is 3. The van der Waals surface area contributed by atoms with Crippen molar-refractivity contribution < 1.29 is 14.3 Å². The summed E-state index contributed by atoms with van der Waals surface area (Å²) in [4.78, 5) is 32.1. The van der Waals surface area contributed by atoms with Crippen LogP contribution in [-0.2, 0) is 14.3 Å². The average Bonchev–Trinajstić information content (AvgIpc) is 3.05. The van der Waals surface area contributed by atoms with Crippen molar-refractivity contribution in [2.75, 3.05) is 30.9 Å². The van der Waals surface area contributed by atoms with Gasteiger partial charge in [-0.2, -0.15) is 0 Å². The lowest BCUT2D eigenvalue weighted by atomic mass is 9.90. The molecular formula is C21H22N4O3. The van der Waals surface area contributed by atoms with Gasteiger partial charge in [-0.25, -0.2) is 4.98 Å². The van der Waals surface area contributed by atoms with Crippen molar-refractivity contribution in [1.82, 2.24) is 9.55 Å². The molecule has 0 saturated heterocycles. The molecule has 1 aromatic heterocycles. The Morgan fingerprint density at radius 2 is 1.89 bits per heavy atom. The summed E-state index contributed by atoms with van der Waals surface area (Å²) in [5.74, 6) is -1.49. The van der Waals surface area contributed by atoms with Crippen LogP contribution in [0.15, 0.2) is 48.5 Å². The molecule has 7 nitrogen and oxygen atoms in total. The van der Waals surface area contributed by atoms with Crippen molar-refractivity contribution in [2.45, 2.75) is 13.0 Å². The van der Waals surface area contributed by atoms with E-state index in [0.29, 0.717) is 5.95 Å². The number of para-hydroxylation sites is 2. The van der Waals surface area contributed by atoms with Gasteiger partial charge in [-0.15, -0.1) is 0 Å². The Hall–Kier alpha value is -3.35. The topological polar surface area (TPSA) is 76.5 Å². The van der Waals surface area contributed by atoms with Crippen LogP contribution in [0.4, 0.5) is 11.6 Å². The van der Waals surface area contributed by atoms with Crippen LogP contribution in [0.5, 0.6) is 0 Å². The highest BCUT2D eigenvalue weighted by Crippen LogP contribution is 2.39. The number of hydrogen-bond acceptors (Lipinski definition) is 5. The van der Waals surface area contributed by atoms with E-state index in [-0.39, 0.29) is 6.61 Å². The molecule has 2 aromatic carbocycles. The van der Waals surface area contributed by atoms with Crippen LogP contribution in [0.1, 0.15) is 18.5 Å². The van der Waals surface area contributed by atoms with Crippen LogP contribution in [-0.4, -0.2) is 42.1 Å². The highest BCUT2D eigenvalue weighted by atomic mass is 16.5. The second kappa shape index (κ2) is 6.99. The zero-order chi connectivity index (χ0) is 19.8. The fourth-order valence-corrected chi connectivity index (χ4v) is 3.67. The number of amides is 1. The number of carbonyl (C=O) groups is 2. The Kier molecular flexibility index (Phi) is 4.50. The van der Waals surface area contributed by atoms with Crippen LogP contribution < -0.4 is 10.2 Å². The number of aromatic nitrogens is 2. The Labute approximate surface area is 162 Å². The average molecular weight is 378 g/mol. The zero-order valence-corrected chi connectivity index (χ0v) is 16.0. The van der Waals surface area contributed by atoms with Crippen LogP contribution in [0.3, 0.4) is 0 Å². The third kappa shape index (κ3) is 2.89. The van der Waals surface area contributed by atoms with Gasteiger partial charge in [-0.1, -0.05) is 24.3 Å². The summed E-state index contributed by atoms with van der Waals surface area (Å²) in [7, 11) is 3.93. The number of esters is 1. The summed E-state index contributed by atoms with van der Waals surface area (Å²) < 4.78 is 7.15. The number of nitrogens with one attached hydrogen (secondary N) is 1. The first-order valence-corrected chi connectivity index (χ1v) is 9.23. The number of ether oxygens (including phenoxy) is 1. The minimum absolute atomic E-state index is 0.215. The Balaban J connectivity index is 1.91. The summed E-state index contributed by atoms with van der Waals surface area (Å²) in [5.41, 5.74) is 3.50. The lowest BCUT2D eigenvalue weighted by Gasteiger charge is -2.32. The molecule has 1 N–H and O–H groups in total. The molecule has 0 aliphatic carbocycles. The molecule has 2 heterocycles. The standard InChI is InChI=1S/C21H22N4O3/c1-4-28-20(27)17-18(13-9-11-14(12-10-13)24(2)3)25-16-8-6-5-7-15(16)22-21(25)23-19(17)26/h5-12,17-18H,4H2,1-3H3,(H,22,23,26)/t17-,18+/m1/s1. The molecule has 7 heteroatoms. The van der Waals surface area contributed by atoms with E-state index in [1.54, 1.807) is 6.92 Å². The van der Waals surface area contributed by atoms with E-state index in [9.17, 15) is 9.59 Å². The molecule has 4 rings (SSSR count). The maximum absolute atomic E-state index is 12.8. The molecule has 1 aliphatic heterocycles. The number of imidazole rings is 1. The van der Waals surface area contributed by atoms with E-state index < -0.39 is 23.8 Å². The van der Waals surface area contributed by atoms with Crippen molar-refractivity contribution in [3.05, 3.63) is 54.1 Å². The van der Waals surface area contributed by atoms with Crippen LogP contribution in [0.25, 0.3) is 11.0 Å². The Bertz CT molecular complexity index is 1040. The van der Waals surface area contributed by atoms with Crippen LogP contribution >= 0.6 is 0 Å². The van der Waals surface area contributed by atoms with E-state index in [1.165, 1.54) is 0 Å². The first-order chi connectivity index (χ1) is 13.5. The fraction of sp³-hybridized carbons (Fsp3) is 0.286. The van der Waals surface area contributed by atoms with Crippen molar-refractivity contribution in [3.8, 4) is 0 Å². The van der Waals surface area contributed by atoms with E-state index in [4.69, 9.17) is 4.74 Å². The molecule has 3 aromatic rings. The normalized spacial score (nSPS) is 18.5. The van der Waals surface area contributed by atoms with Gasteiger partial charge in [-0.3, -0.25) is 14.9 Å². The zero-order valence-electron chi connectivity index (χ0n) is 16.0. The number of benzene rings is 2. The van der Waals surface area contributed by atoms with Gasteiger partial charge in [0.1, 0.15) is 0 Å². The molecule has 0 bridgehead atoms. The van der Waals surface area contributed by atoms with E-state index >= 15 is 0 Å². The van der Waals surface area contributed by atoms with Crippen molar-refractivity contribution in [1.29, 1.82) is 0 Å². The maximum Gasteiger partial charge on any atom is 0.321 e. The van der Waals surface area contributed by atoms with Crippen LogP contribution in [0.2, 0.25) is 0 Å². The van der Waals surface area contributed by atoms with Gasteiger partial charge < -0.3 is 14.2 Å². The quantitative estimate of drug-likeness (QED) is 0.558. The molecule has 144 valence electrons. The number of fused-ring (bicyclic) bond motifs is 3. The van der Waals surface area contributed by atoms with Gasteiger partial charge in [0.25, 0.3) is 0 Å². The summed E-state index contributed by atoms with van der Waals surface area (Å²) >= 11 is 0. The Morgan fingerprint density at radius 1 is 1.18 bits per heavy atom. The predicted octanol–water partition coefficient (Wildman–Crippen LogP) is 2.82. The summed E-state index contributed by atoms with van der Waals surface area (Å²) in [6.07, 6.45) is 0. The molecule has 1 aliphatic rings. The van der Waals surface area contributed by atoms with E-state index in [1.807, 2.05) is 72.1 Å². The number of anilines is 2. The summed E-state index contributed by atoms with van der Waals surface area (Å²) in [6.45, 7) is 1.95. The smallest absolute Gasteiger partial charge is 0.321 e. The highest BCUT2D eigenvalue weighted by molar-refractivity contribution is 6.07. The summed E-state index contributed by atoms with van der Waals surface area (Å²) in [5, 5.41) is 2.77. The van der Waals surface area contributed by atoms with Gasteiger partial charge in [0.05, 0.1) is 23.7 Å². The molecular weight excluding hydrogens is 356 g/mol. The first kappa shape index (κ1) is 18.0. The van der Waals surface area contributed by atoms with Gasteiger partial charge in [0, 0.05) is 19.8 Å². The van der Waals surface area contributed by atoms with Gasteiger partial charge in [-0.05, 0) is 36.8 Å². The molecule has 0 unspecified atom stereocenters. The van der Waals surface area contributed by atoms with E-state index in [2.05, 4.69) is 10.3 Å². The first-order valence-electron chi connectivity index (χ1n) is 9.23. The SMILES string of the molecule is CCOC(=O)[C@H]1C(=O)Nc2nc3ccccc3n2[C@H]1c1ccc(N(C)C)cc1. The third-order valence-corrected chi connectivity index (χ3v) is 5.00. The van der Waals surface area contributed by atoms with Crippen molar-refractivity contribution in [2.24, 2.45) is 5.92 Å². The van der Waals surface area contributed by atoms with Crippen molar-refractivity contribution in [3.63, 3.8) is 0 Å². The molecule has 0 fully saturated rings. The largest absolute Gasteiger partial charge is 0.465 e. The second-order valence-electron chi connectivity index (χ2n) is 6.94. The molecule has 0 radical (unpaired) electrons. The lowest BCUT2D eigenvalue weighted by molar-refractivity contribution is -0.152.